The van der Waals surface area contributed by atoms with Crippen LogP contribution in [0.3, 0.4) is 0 Å². The number of thiazole rings is 1. The summed E-state index contributed by atoms with van der Waals surface area (Å²) >= 11 is 1.31. The molecule has 3 heterocycles. The summed E-state index contributed by atoms with van der Waals surface area (Å²) in [5.74, 6) is 0.688. The number of sulfonamides is 1. The summed E-state index contributed by atoms with van der Waals surface area (Å²) in [6.45, 7) is 8.84. The Bertz CT molecular complexity index is 1630. The fourth-order valence-corrected chi connectivity index (χ4v) is 7.33. The standard InChI is InChI=1S/C30H34FN5O3S2/c1-21-26(34-30(4,36-17-16-29(36,2)3)24-8-6-7-9-25(24)31)14-15-28(33-21)41(37,38)35(27-19-40-20-32-27)18-22-10-12-23(39-5)13-11-22/h6-15,19-20,34H,16-18H2,1-5H3. The molecule has 0 aliphatic carbocycles. The van der Waals surface area contributed by atoms with Crippen LogP contribution in [-0.4, -0.2) is 42.5 Å². The van der Waals surface area contributed by atoms with Gasteiger partial charge >= 0.3 is 0 Å². The van der Waals surface area contributed by atoms with E-state index in [9.17, 15) is 8.42 Å². The zero-order chi connectivity index (χ0) is 29.4. The summed E-state index contributed by atoms with van der Waals surface area (Å²) in [4.78, 5) is 11.0. The highest BCUT2D eigenvalue weighted by Crippen LogP contribution is 2.43. The predicted octanol–water partition coefficient (Wildman–Crippen LogP) is 6.16. The number of anilines is 2. The number of halogens is 1. The number of aromatic nitrogens is 2. The van der Waals surface area contributed by atoms with Crippen LogP contribution in [-0.2, 0) is 22.2 Å². The van der Waals surface area contributed by atoms with Gasteiger partial charge in [0.1, 0.15) is 17.2 Å². The first-order valence-corrected chi connectivity index (χ1v) is 15.7. The molecule has 1 atom stereocenters. The van der Waals surface area contributed by atoms with Crippen LogP contribution < -0.4 is 14.4 Å². The van der Waals surface area contributed by atoms with Gasteiger partial charge in [-0.25, -0.2) is 18.7 Å². The van der Waals surface area contributed by atoms with Crippen LogP contribution in [0, 0.1) is 12.7 Å². The molecule has 4 aromatic rings. The van der Waals surface area contributed by atoms with Crippen LogP contribution in [0.2, 0.25) is 0 Å². The van der Waals surface area contributed by atoms with Gasteiger partial charge in [0.2, 0.25) is 0 Å². The molecule has 0 bridgehead atoms. The molecule has 2 aromatic heterocycles. The Labute approximate surface area is 244 Å². The zero-order valence-electron chi connectivity index (χ0n) is 23.8. The lowest BCUT2D eigenvalue weighted by atomic mass is 9.82. The van der Waals surface area contributed by atoms with Crippen LogP contribution in [0.25, 0.3) is 0 Å². The first kappa shape index (κ1) is 29.0. The third-order valence-corrected chi connectivity index (χ3v) is 10.00. The first-order chi connectivity index (χ1) is 19.5. The van der Waals surface area contributed by atoms with E-state index in [-0.39, 0.29) is 22.9 Å². The van der Waals surface area contributed by atoms with Crippen molar-refractivity contribution in [1.29, 1.82) is 0 Å². The zero-order valence-corrected chi connectivity index (χ0v) is 25.4. The van der Waals surface area contributed by atoms with Crippen molar-refractivity contribution in [2.24, 2.45) is 0 Å². The van der Waals surface area contributed by atoms with Gasteiger partial charge in [0, 0.05) is 23.0 Å². The fourth-order valence-electron chi connectivity index (χ4n) is 5.34. The van der Waals surface area contributed by atoms with E-state index >= 15 is 4.39 Å². The van der Waals surface area contributed by atoms with Gasteiger partial charge in [-0.15, -0.1) is 11.3 Å². The smallest absolute Gasteiger partial charge is 0.283 e. The van der Waals surface area contributed by atoms with Gasteiger partial charge < -0.3 is 10.1 Å². The van der Waals surface area contributed by atoms with E-state index in [1.807, 2.05) is 25.1 Å². The molecule has 216 valence electrons. The van der Waals surface area contributed by atoms with Crippen molar-refractivity contribution in [3.8, 4) is 5.75 Å². The number of nitrogens with zero attached hydrogens (tertiary/aromatic N) is 4. The Balaban J connectivity index is 1.49. The topological polar surface area (TPSA) is 87.7 Å². The number of methoxy groups -OCH3 is 1. The summed E-state index contributed by atoms with van der Waals surface area (Å²) in [5.41, 5.74) is 2.94. The number of likely N-dealkylation sites (tertiary alicyclic amines) is 1. The molecule has 1 unspecified atom stereocenters. The summed E-state index contributed by atoms with van der Waals surface area (Å²) in [7, 11) is -2.49. The van der Waals surface area contributed by atoms with Crippen molar-refractivity contribution < 1.29 is 17.5 Å². The molecular weight excluding hydrogens is 561 g/mol. The molecule has 1 aliphatic heterocycles. The summed E-state index contributed by atoms with van der Waals surface area (Å²) in [5, 5.41) is 5.11. The molecule has 0 spiro atoms. The van der Waals surface area contributed by atoms with E-state index in [1.165, 1.54) is 27.8 Å². The number of nitrogens with one attached hydrogen (secondary N) is 1. The van der Waals surface area contributed by atoms with Crippen LogP contribution in [0.15, 0.2) is 76.6 Å². The van der Waals surface area contributed by atoms with Crippen molar-refractivity contribution in [3.63, 3.8) is 0 Å². The third kappa shape index (κ3) is 5.53. The predicted molar refractivity (Wildman–Crippen MR) is 160 cm³/mol. The normalized spacial score (nSPS) is 16.4. The SMILES string of the molecule is COc1ccc(CN(c2cscn2)S(=O)(=O)c2ccc(NC(C)(c3ccccc3F)N3CCC3(C)C)c(C)n2)cc1. The van der Waals surface area contributed by atoms with Gasteiger partial charge in [0.25, 0.3) is 10.0 Å². The average molecular weight is 596 g/mol. The van der Waals surface area contributed by atoms with Gasteiger partial charge in [-0.1, -0.05) is 30.3 Å². The second kappa shape index (κ2) is 11.0. The second-order valence-corrected chi connectivity index (χ2v) is 13.4. The van der Waals surface area contributed by atoms with Crippen LogP contribution in [0.1, 0.15) is 44.0 Å². The molecule has 8 nitrogen and oxygen atoms in total. The van der Waals surface area contributed by atoms with Crippen molar-refractivity contribution >= 4 is 32.9 Å². The molecule has 0 saturated carbocycles. The molecular formula is C30H34FN5O3S2. The average Bonchev–Trinajstić information content (AvgIpc) is 3.47. The van der Waals surface area contributed by atoms with Gasteiger partial charge in [-0.05, 0) is 70.0 Å². The highest BCUT2D eigenvalue weighted by molar-refractivity contribution is 7.92. The molecule has 41 heavy (non-hydrogen) atoms. The molecule has 11 heteroatoms. The number of ether oxygens (including phenoxy) is 1. The summed E-state index contributed by atoms with van der Waals surface area (Å²) in [6.07, 6.45) is 0.980. The molecule has 0 radical (unpaired) electrons. The number of rotatable bonds is 10. The van der Waals surface area contributed by atoms with Crippen LogP contribution in [0.4, 0.5) is 15.9 Å². The molecule has 1 aliphatic rings. The number of hydrogen-bond acceptors (Lipinski definition) is 8. The van der Waals surface area contributed by atoms with Crippen molar-refractivity contribution in [2.45, 2.75) is 56.9 Å². The Kier molecular flexibility index (Phi) is 7.80. The maximum absolute atomic E-state index is 15.1. The van der Waals surface area contributed by atoms with E-state index in [0.29, 0.717) is 28.5 Å². The minimum atomic E-state index is -4.07. The number of benzene rings is 2. The highest BCUT2D eigenvalue weighted by atomic mass is 32.2. The summed E-state index contributed by atoms with van der Waals surface area (Å²) in [6, 6.07) is 17.1. The Morgan fingerprint density at radius 1 is 1.15 bits per heavy atom. The van der Waals surface area contributed by atoms with Gasteiger partial charge in [0.05, 0.1) is 30.5 Å². The van der Waals surface area contributed by atoms with Crippen molar-refractivity contribution in [1.82, 2.24) is 14.9 Å². The Morgan fingerprint density at radius 2 is 1.88 bits per heavy atom. The number of aryl methyl sites for hydroxylation is 1. The Hall–Kier alpha value is -3.54. The van der Waals surface area contributed by atoms with Crippen molar-refractivity contribution in [2.75, 3.05) is 23.3 Å². The second-order valence-electron chi connectivity index (χ2n) is 10.9. The molecule has 1 saturated heterocycles. The minimum Gasteiger partial charge on any atom is -0.497 e. The lowest BCUT2D eigenvalue weighted by molar-refractivity contribution is -0.0654. The quantitative estimate of drug-likeness (QED) is 0.235. The fraction of sp³-hybridized carbons (Fsp3) is 0.333. The third-order valence-electron chi connectivity index (χ3n) is 7.77. The lowest BCUT2D eigenvalue weighted by Crippen LogP contribution is -2.66. The first-order valence-electron chi connectivity index (χ1n) is 13.3. The van der Waals surface area contributed by atoms with Crippen LogP contribution in [0.5, 0.6) is 5.75 Å². The Morgan fingerprint density at radius 3 is 2.44 bits per heavy atom. The van der Waals surface area contributed by atoms with Crippen molar-refractivity contribution in [3.05, 3.63) is 94.2 Å². The molecule has 2 aromatic carbocycles. The molecule has 1 N–H and O–H groups in total. The molecule has 1 fully saturated rings. The molecule has 0 amide bonds. The maximum Gasteiger partial charge on any atom is 0.283 e. The number of hydrogen-bond donors (Lipinski definition) is 1. The largest absolute Gasteiger partial charge is 0.497 e. The maximum atomic E-state index is 15.1. The van der Waals surface area contributed by atoms with Gasteiger partial charge in [0.15, 0.2) is 10.8 Å². The van der Waals surface area contributed by atoms with E-state index < -0.39 is 15.7 Å². The summed E-state index contributed by atoms with van der Waals surface area (Å²) < 4.78 is 49.5. The van der Waals surface area contributed by atoms with E-state index in [2.05, 4.69) is 34.0 Å². The number of pyridine rings is 1. The van der Waals surface area contributed by atoms with E-state index in [0.717, 1.165) is 18.5 Å². The van der Waals surface area contributed by atoms with Crippen LogP contribution >= 0.6 is 11.3 Å². The lowest BCUT2D eigenvalue weighted by Gasteiger charge is -2.58. The minimum absolute atomic E-state index is 0.0756. The highest BCUT2D eigenvalue weighted by Gasteiger charge is 2.49. The van der Waals surface area contributed by atoms with Gasteiger partial charge in [-0.2, -0.15) is 8.42 Å². The monoisotopic (exact) mass is 595 g/mol. The molecule has 5 rings (SSSR count). The van der Waals surface area contributed by atoms with Gasteiger partial charge in [-0.3, -0.25) is 4.90 Å². The van der Waals surface area contributed by atoms with E-state index in [4.69, 9.17) is 4.74 Å². The van der Waals surface area contributed by atoms with E-state index in [1.54, 1.807) is 55.3 Å².